The van der Waals surface area contributed by atoms with Gasteiger partial charge in [-0.1, -0.05) is 54.6 Å². The van der Waals surface area contributed by atoms with Crippen LogP contribution in [0.25, 0.3) is 22.5 Å². The van der Waals surface area contributed by atoms with E-state index in [1.165, 1.54) is 0 Å². The van der Waals surface area contributed by atoms with Crippen molar-refractivity contribution >= 4 is 17.5 Å². The van der Waals surface area contributed by atoms with Crippen LogP contribution in [0.5, 0.6) is 0 Å². The average molecular weight is 568 g/mol. The maximum atomic E-state index is 13.5. The molecule has 2 aromatic carbocycles. The van der Waals surface area contributed by atoms with Crippen molar-refractivity contribution in [2.75, 3.05) is 64.3 Å². The van der Waals surface area contributed by atoms with Crippen LogP contribution in [0.15, 0.2) is 48.5 Å². The van der Waals surface area contributed by atoms with E-state index < -0.39 is 0 Å². The second kappa shape index (κ2) is 16.6. The molecule has 2 heterocycles. The molecule has 0 radical (unpaired) electrons. The molecule has 3 aromatic rings. The Morgan fingerprint density at radius 1 is 0.878 bits per heavy atom. The smallest absolute Gasteiger partial charge is 0.227 e. The van der Waals surface area contributed by atoms with E-state index in [0.717, 1.165) is 29.2 Å². The fourth-order valence-corrected chi connectivity index (χ4v) is 4.46. The van der Waals surface area contributed by atoms with Crippen molar-refractivity contribution < 1.29 is 29.9 Å². The minimum absolute atomic E-state index is 0.0435. The average Bonchev–Trinajstić information content (AvgIpc) is 3.38. The molecular formula is C30H39N5O6. The molecule has 11 nitrogen and oxygen atoms in total. The van der Waals surface area contributed by atoms with Crippen LogP contribution in [0.2, 0.25) is 1.41 Å². The highest BCUT2D eigenvalue weighted by atomic mass is 16.6. The lowest BCUT2D eigenvalue weighted by atomic mass is 9.95. The van der Waals surface area contributed by atoms with Gasteiger partial charge in [-0.15, -0.1) is 5.10 Å². The Kier molecular flexibility index (Phi) is 11.7. The van der Waals surface area contributed by atoms with E-state index in [2.05, 4.69) is 22.6 Å². The highest BCUT2D eigenvalue weighted by Gasteiger charge is 2.27. The van der Waals surface area contributed by atoms with E-state index >= 15 is 0 Å². The van der Waals surface area contributed by atoms with Gasteiger partial charge in [0, 0.05) is 37.1 Å². The molecule has 0 aliphatic carbocycles. The number of anilines is 1. The molecule has 0 spiro atoms. The van der Waals surface area contributed by atoms with Crippen LogP contribution in [-0.4, -0.2) is 86.6 Å². The van der Waals surface area contributed by atoms with Gasteiger partial charge < -0.3 is 29.2 Å². The van der Waals surface area contributed by atoms with Crippen molar-refractivity contribution in [1.82, 2.24) is 20.7 Å². The highest BCUT2D eigenvalue weighted by molar-refractivity contribution is 6.01. The standard InChI is InChI=1S/C30H39N5O6/c1-2-14-38-16-18-40-20-21-41-19-17-39-15-13-31-27(36)11-12-28(37)35-22-23-7-3-4-8-24(23)29-30(33-34-32-29)25-9-5-6-10-26(25)35/h3-10H,2,11-22H2,1H3,(H,31,36)(H,32,33,34)/i/hT. The summed E-state index contributed by atoms with van der Waals surface area (Å²) in [7, 11) is 0. The SMILES string of the molecule is [3H]n1nnc2c1-c1ccccc1CN(C(=O)CCC(=O)NCCOCCOCCOCCOCCC)c1ccccc1-2. The van der Waals surface area contributed by atoms with Gasteiger partial charge in [0.15, 0.2) is 1.41 Å². The predicted octanol–water partition coefficient (Wildman–Crippen LogP) is 3.36. The summed E-state index contributed by atoms with van der Waals surface area (Å²) in [5, 5.41) is 12.0. The minimum atomic E-state index is -0.219. The van der Waals surface area contributed by atoms with E-state index in [0.29, 0.717) is 82.0 Å². The number of fused-ring (bicyclic) bond motifs is 5. The molecule has 220 valence electrons. The highest BCUT2D eigenvalue weighted by Crippen LogP contribution is 2.39. The molecule has 1 aliphatic rings. The van der Waals surface area contributed by atoms with E-state index in [-0.39, 0.29) is 24.7 Å². The van der Waals surface area contributed by atoms with Gasteiger partial charge in [0.2, 0.25) is 11.8 Å². The van der Waals surface area contributed by atoms with Crippen molar-refractivity contribution in [1.29, 1.82) is 0 Å². The zero-order valence-corrected chi connectivity index (χ0v) is 23.5. The summed E-state index contributed by atoms with van der Waals surface area (Å²) in [4.78, 5) is 27.6. The number of aromatic nitrogens is 3. The molecule has 11 heteroatoms. The maximum Gasteiger partial charge on any atom is 0.227 e. The first-order valence-corrected chi connectivity index (χ1v) is 14.1. The molecule has 0 unspecified atom stereocenters. The maximum absolute atomic E-state index is 13.5. The van der Waals surface area contributed by atoms with Gasteiger partial charge in [-0.25, -0.2) is 0 Å². The van der Waals surface area contributed by atoms with Crippen LogP contribution in [0.3, 0.4) is 0 Å². The van der Waals surface area contributed by atoms with E-state index in [1.807, 2.05) is 48.5 Å². The zero-order chi connectivity index (χ0) is 29.6. The van der Waals surface area contributed by atoms with E-state index in [9.17, 15) is 9.59 Å². The van der Waals surface area contributed by atoms with Gasteiger partial charge in [0.25, 0.3) is 0 Å². The number of ether oxygens (including phenoxy) is 4. The summed E-state index contributed by atoms with van der Waals surface area (Å²) >= 11 is 0. The molecule has 2 amide bonds. The monoisotopic (exact) mass is 567 g/mol. The van der Waals surface area contributed by atoms with Crippen molar-refractivity contribution in [3.05, 3.63) is 54.1 Å². The number of nitrogens with one attached hydrogen (secondary N) is 2. The summed E-state index contributed by atoms with van der Waals surface area (Å²) < 4.78 is 30.0. The molecular weight excluding hydrogens is 526 g/mol. The van der Waals surface area contributed by atoms with Gasteiger partial charge in [-0.05, 0) is 18.1 Å². The number of aromatic amines is 1. The zero-order valence-electron chi connectivity index (χ0n) is 24.5. The van der Waals surface area contributed by atoms with Crippen LogP contribution < -0.4 is 10.2 Å². The number of H-pyrrole nitrogens is 1. The number of benzene rings is 2. The molecule has 0 atom stereocenters. The summed E-state index contributed by atoms with van der Waals surface area (Å²) in [6.07, 6.45) is 1.10. The predicted molar refractivity (Wildman–Crippen MR) is 154 cm³/mol. The third-order valence-corrected chi connectivity index (χ3v) is 6.46. The number of hydrogen-bond donors (Lipinski definition) is 2. The van der Waals surface area contributed by atoms with Crippen LogP contribution in [0.1, 0.15) is 31.7 Å². The molecule has 41 heavy (non-hydrogen) atoms. The number of para-hydroxylation sites is 1. The van der Waals surface area contributed by atoms with Crippen molar-refractivity contribution in [3.8, 4) is 22.5 Å². The van der Waals surface area contributed by atoms with Crippen LogP contribution in [0, 0.1) is 0 Å². The largest absolute Gasteiger partial charge is 0.379 e. The Balaban J connectivity index is 1.19. The van der Waals surface area contributed by atoms with Crippen molar-refractivity contribution in [3.63, 3.8) is 0 Å². The van der Waals surface area contributed by atoms with E-state index in [1.54, 1.807) is 4.90 Å². The Morgan fingerprint density at radius 2 is 1.51 bits per heavy atom. The van der Waals surface area contributed by atoms with Crippen LogP contribution in [0.4, 0.5) is 5.69 Å². The number of amides is 2. The summed E-state index contributed by atoms with van der Waals surface area (Å²) in [6, 6.07) is 15.1. The van der Waals surface area contributed by atoms with E-state index in [4.69, 9.17) is 20.4 Å². The molecule has 1 aliphatic heterocycles. The first kappa shape index (κ1) is 28.9. The molecule has 2 N–H and O–H groups in total. The van der Waals surface area contributed by atoms with Crippen LogP contribution in [-0.2, 0) is 35.1 Å². The number of hydrogen-bond acceptors (Lipinski definition) is 8. The third kappa shape index (κ3) is 8.92. The summed E-state index contributed by atoms with van der Waals surface area (Å²) in [5.74, 6) is -0.400. The fraction of sp³-hybridized carbons (Fsp3) is 0.467. The number of rotatable bonds is 17. The molecule has 0 saturated carbocycles. The van der Waals surface area contributed by atoms with Gasteiger partial charge >= 0.3 is 0 Å². The Labute approximate surface area is 242 Å². The number of carbonyl (C=O) groups is 2. The molecule has 1 aromatic heterocycles. The lowest BCUT2D eigenvalue weighted by Crippen LogP contribution is -2.33. The fourth-order valence-electron chi connectivity index (χ4n) is 4.46. The van der Waals surface area contributed by atoms with Crippen LogP contribution >= 0.6 is 0 Å². The second-order valence-corrected chi connectivity index (χ2v) is 9.44. The Bertz CT molecular complexity index is 1300. The number of nitrogens with zero attached hydrogens (tertiary/aromatic N) is 3. The Hall–Kier alpha value is -3.64. The van der Waals surface area contributed by atoms with Crippen molar-refractivity contribution in [2.24, 2.45) is 0 Å². The summed E-state index contributed by atoms with van der Waals surface area (Å²) in [5.41, 5.74) is 4.16. The Morgan fingerprint density at radius 3 is 2.24 bits per heavy atom. The van der Waals surface area contributed by atoms with Gasteiger partial charge in [-0.3, -0.25) is 14.7 Å². The minimum Gasteiger partial charge on any atom is -0.379 e. The first-order valence-electron chi connectivity index (χ1n) is 14.6. The third-order valence-electron chi connectivity index (χ3n) is 6.46. The van der Waals surface area contributed by atoms with Gasteiger partial charge in [-0.2, -0.15) is 0 Å². The topological polar surface area (TPSA) is 128 Å². The molecule has 0 bridgehead atoms. The molecule has 4 rings (SSSR count). The number of carbonyl (C=O) groups excluding carboxylic acids is 2. The molecule has 0 fully saturated rings. The van der Waals surface area contributed by atoms with Gasteiger partial charge in [0.05, 0.1) is 64.2 Å². The van der Waals surface area contributed by atoms with Gasteiger partial charge in [0.1, 0.15) is 5.69 Å². The molecule has 0 saturated heterocycles. The quantitative estimate of drug-likeness (QED) is 0.238. The summed E-state index contributed by atoms with van der Waals surface area (Å²) in [6.45, 7) is 6.82. The normalized spacial score (nSPS) is 12.5. The second-order valence-electron chi connectivity index (χ2n) is 9.44. The van der Waals surface area contributed by atoms with Crippen molar-refractivity contribution in [2.45, 2.75) is 32.7 Å². The lowest BCUT2D eigenvalue weighted by molar-refractivity contribution is -0.125. The first-order chi connectivity index (χ1) is 20.6. The lowest BCUT2D eigenvalue weighted by Gasteiger charge is -2.28.